The van der Waals surface area contributed by atoms with Gasteiger partial charge in [0.25, 0.3) is 0 Å². The highest BCUT2D eigenvalue weighted by Gasteiger charge is 2.35. The molecule has 0 spiro atoms. The molecular weight excluding hydrogens is 277 g/mol. The number of hydrogen-bond donors (Lipinski definition) is 1. The van der Waals surface area contributed by atoms with Crippen LogP contribution in [0.15, 0.2) is 30.3 Å². The van der Waals surface area contributed by atoms with Gasteiger partial charge in [-0.15, -0.1) is 0 Å². The van der Waals surface area contributed by atoms with Crippen molar-refractivity contribution in [2.45, 2.75) is 6.18 Å². The summed E-state index contributed by atoms with van der Waals surface area (Å²) in [6, 6.07) is 6.95. The van der Waals surface area contributed by atoms with E-state index in [1.807, 2.05) is 0 Å². The van der Waals surface area contributed by atoms with Gasteiger partial charge in [0.15, 0.2) is 0 Å². The van der Waals surface area contributed by atoms with E-state index in [-0.39, 0.29) is 4.90 Å². The molecule has 5 nitrogen and oxygen atoms in total. The van der Waals surface area contributed by atoms with E-state index in [9.17, 15) is 22.8 Å². The topological polar surface area (TPSA) is 60.9 Å². The van der Waals surface area contributed by atoms with Crippen molar-refractivity contribution < 1.29 is 27.9 Å². The van der Waals surface area contributed by atoms with Crippen LogP contribution < -0.4 is 4.90 Å². The number of carboxylic acid groups (broad SMARTS) is 1. The average Bonchev–Trinajstić information content (AvgIpc) is 2.35. The van der Waals surface area contributed by atoms with Crippen molar-refractivity contribution in [2.24, 2.45) is 0 Å². The third kappa shape index (κ3) is 4.79. The van der Waals surface area contributed by atoms with Crippen LogP contribution in [0.2, 0.25) is 0 Å². The molecular formula is C12H13F3N2O3. The normalized spacial score (nSPS) is 11.0. The molecule has 1 N–H and O–H groups in total. The van der Waals surface area contributed by atoms with Gasteiger partial charge in [-0.05, 0) is 12.1 Å². The van der Waals surface area contributed by atoms with Gasteiger partial charge in [0.2, 0.25) is 0 Å². The molecule has 0 atom stereocenters. The molecule has 2 amide bonds. The summed E-state index contributed by atoms with van der Waals surface area (Å²) in [4.78, 5) is 23.7. The van der Waals surface area contributed by atoms with Crippen molar-refractivity contribution in [1.82, 2.24) is 4.90 Å². The fourth-order valence-electron chi connectivity index (χ4n) is 1.55. The first-order chi connectivity index (χ1) is 9.20. The smallest absolute Gasteiger partial charge is 0.406 e. The molecule has 1 aromatic carbocycles. The number of hydrogen-bond acceptors (Lipinski definition) is 2. The van der Waals surface area contributed by atoms with Crippen molar-refractivity contribution in [3.8, 4) is 0 Å². The standard InChI is InChI=1S/C12H13F3N2O3/c1-16(9-5-3-2-4-6-9)11(20)17(7-10(18)19)8-12(13,14)15/h2-6H,7-8H2,1H3,(H,18,19). The van der Waals surface area contributed by atoms with Gasteiger partial charge in [-0.25, -0.2) is 4.79 Å². The number of alkyl halides is 3. The Kier molecular flexibility index (Phi) is 4.95. The summed E-state index contributed by atoms with van der Waals surface area (Å²) >= 11 is 0. The number of para-hydroxylation sites is 1. The molecule has 0 radical (unpaired) electrons. The van der Waals surface area contributed by atoms with Gasteiger partial charge in [-0.1, -0.05) is 18.2 Å². The minimum Gasteiger partial charge on any atom is -0.480 e. The van der Waals surface area contributed by atoms with Crippen LogP contribution in [0.4, 0.5) is 23.7 Å². The predicted octanol–water partition coefficient (Wildman–Crippen LogP) is 2.19. The first-order valence-electron chi connectivity index (χ1n) is 5.57. The largest absolute Gasteiger partial charge is 0.480 e. The Morgan fingerprint density at radius 1 is 1.20 bits per heavy atom. The van der Waals surface area contributed by atoms with Gasteiger partial charge < -0.3 is 10.0 Å². The predicted molar refractivity (Wildman–Crippen MR) is 65.5 cm³/mol. The van der Waals surface area contributed by atoms with E-state index in [0.29, 0.717) is 5.69 Å². The van der Waals surface area contributed by atoms with Crippen LogP contribution >= 0.6 is 0 Å². The molecule has 0 fully saturated rings. The van der Waals surface area contributed by atoms with Crippen LogP contribution in [-0.2, 0) is 4.79 Å². The van der Waals surface area contributed by atoms with Gasteiger partial charge in [-0.2, -0.15) is 13.2 Å². The van der Waals surface area contributed by atoms with E-state index in [0.717, 1.165) is 4.90 Å². The lowest BCUT2D eigenvalue weighted by molar-refractivity contribution is -0.148. The molecule has 8 heteroatoms. The van der Waals surface area contributed by atoms with Crippen LogP contribution in [0.25, 0.3) is 0 Å². The molecule has 110 valence electrons. The minimum atomic E-state index is -4.66. The Bertz CT molecular complexity index is 477. The molecule has 0 unspecified atom stereocenters. The van der Waals surface area contributed by atoms with Gasteiger partial charge in [0.1, 0.15) is 13.1 Å². The zero-order valence-corrected chi connectivity index (χ0v) is 10.6. The first kappa shape index (κ1) is 15.8. The van der Waals surface area contributed by atoms with E-state index in [2.05, 4.69) is 0 Å². The van der Waals surface area contributed by atoms with Crippen LogP contribution in [0.3, 0.4) is 0 Å². The molecule has 0 saturated carbocycles. The van der Waals surface area contributed by atoms with E-state index >= 15 is 0 Å². The van der Waals surface area contributed by atoms with E-state index in [4.69, 9.17) is 5.11 Å². The van der Waals surface area contributed by atoms with E-state index < -0.39 is 31.3 Å². The highest BCUT2D eigenvalue weighted by atomic mass is 19.4. The molecule has 0 aliphatic carbocycles. The van der Waals surface area contributed by atoms with Gasteiger partial charge in [0.05, 0.1) is 0 Å². The molecule has 1 aromatic rings. The highest BCUT2D eigenvalue weighted by Crippen LogP contribution is 2.19. The molecule has 0 heterocycles. The number of carbonyl (C=O) groups is 2. The number of carboxylic acids is 1. The third-order valence-corrected chi connectivity index (χ3v) is 2.40. The summed E-state index contributed by atoms with van der Waals surface area (Å²) in [5.74, 6) is -1.51. The lowest BCUT2D eigenvalue weighted by Crippen LogP contribution is -2.47. The third-order valence-electron chi connectivity index (χ3n) is 2.40. The zero-order valence-electron chi connectivity index (χ0n) is 10.6. The fourth-order valence-corrected chi connectivity index (χ4v) is 1.55. The number of amides is 2. The van der Waals surface area contributed by atoms with Crippen molar-refractivity contribution in [3.63, 3.8) is 0 Å². The lowest BCUT2D eigenvalue weighted by Gasteiger charge is -2.27. The van der Waals surface area contributed by atoms with Crippen LogP contribution in [-0.4, -0.2) is 48.3 Å². The molecule has 1 rings (SSSR count). The maximum atomic E-state index is 12.4. The molecule has 20 heavy (non-hydrogen) atoms. The minimum absolute atomic E-state index is 0.231. The second-order valence-electron chi connectivity index (χ2n) is 4.04. The Hall–Kier alpha value is -2.25. The second kappa shape index (κ2) is 6.27. The lowest BCUT2D eigenvalue weighted by atomic mass is 10.3. The van der Waals surface area contributed by atoms with Crippen molar-refractivity contribution >= 4 is 17.7 Å². The fraction of sp³-hybridized carbons (Fsp3) is 0.333. The monoisotopic (exact) mass is 290 g/mol. The number of anilines is 1. The van der Waals surface area contributed by atoms with Crippen molar-refractivity contribution in [2.75, 3.05) is 25.0 Å². The quantitative estimate of drug-likeness (QED) is 0.924. The first-order valence-corrected chi connectivity index (χ1v) is 5.57. The van der Waals surface area contributed by atoms with Crippen molar-refractivity contribution in [3.05, 3.63) is 30.3 Å². The number of rotatable bonds is 4. The number of halogens is 3. The SMILES string of the molecule is CN(C(=O)N(CC(=O)O)CC(F)(F)F)c1ccccc1. The molecule has 0 saturated heterocycles. The van der Waals surface area contributed by atoms with Gasteiger partial charge >= 0.3 is 18.2 Å². The summed E-state index contributed by atoms with van der Waals surface area (Å²) in [5.41, 5.74) is 0.370. The molecule has 0 aliphatic rings. The Balaban J connectivity index is 2.89. The Morgan fingerprint density at radius 3 is 2.20 bits per heavy atom. The molecule has 0 bridgehead atoms. The maximum Gasteiger partial charge on any atom is 0.406 e. The number of urea groups is 1. The van der Waals surface area contributed by atoms with Crippen molar-refractivity contribution in [1.29, 1.82) is 0 Å². The summed E-state index contributed by atoms with van der Waals surface area (Å²) < 4.78 is 37.1. The summed E-state index contributed by atoms with van der Waals surface area (Å²) in [7, 11) is 1.28. The van der Waals surface area contributed by atoms with E-state index in [1.165, 1.54) is 19.2 Å². The molecule has 0 aliphatic heterocycles. The van der Waals surface area contributed by atoms with Crippen LogP contribution in [0.1, 0.15) is 0 Å². The maximum absolute atomic E-state index is 12.4. The Morgan fingerprint density at radius 2 is 1.75 bits per heavy atom. The number of benzene rings is 1. The van der Waals surface area contributed by atoms with Crippen LogP contribution in [0, 0.1) is 0 Å². The zero-order chi connectivity index (χ0) is 15.3. The summed E-state index contributed by atoms with van der Waals surface area (Å²) in [5, 5.41) is 8.60. The van der Waals surface area contributed by atoms with Crippen LogP contribution in [0.5, 0.6) is 0 Å². The molecule has 0 aromatic heterocycles. The number of aliphatic carboxylic acids is 1. The van der Waals surface area contributed by atoms with Gasteiger partial charge in [0, 0.05) is 12.7 Å². The average molecular weight is 290 g/mol. The van der Waals surface area contributed by atoms with Gasteiger partial charge in [-0.3, -0.25) is 9.69 Å². The highest BCUT2D eigenvalue weighted by molar-refractivity contribution is 5.93. The van der Waals surface area contributed by atoms with E-state index in [1.54, 1.807) is 18.2 Å². The number of carbonyl (C=O) groups excluding carboxylic acids is 1. The second-order valence-corrected chi connectivity index (χ2v) is 4.04. The summed E-state index contributed by atoms with van der Waals surface area (Å²) in [6.45, 7) is -2.63. The Labute approximate surface area is 113 Å². The summed E-state index contributed by atoms with van der Waals surface area (Å²) in [6.07, 6.45) is -4.66. The number of nitrogens with zero attached hydrogens (tertiary/aromatic N) is 2.